The van der Waals surface area contributed by atoms with Crippen molar-refractivity contribution in [1.29, 1.82) is 0 Å². The van der Waals surface area contributed by atoms with Gasteiger partial charge in [-0.3, -0.25) is 5.21 Å². The summed E-state index contributed by atoms with van der Waals surface area (Å²) in [6.07, 6.45) is 3.62. The van der Waals surface area contributed by atoms with E-state index >= 15 is 0 Å². The molecule has 1 unspecified atom stereocenters. The second-order valence-electron chi connectivity index (χ2n) is 3.65. The van der Waals surface area contributed by atoms with E-state index < -0.39 is 11.9 Å². The Balaban J connectivity index is 2.91. The minimum absolute atomic E-state index is 0.140. The molecule has 0 aliphatic rings. The maximum Gasteiger partial charge on any atom is 0.189 e. The van der Waals surface area contributed by atoms with Crippen LogP contribution in [0.2, 0.25) is 0 Å². The van der Waals surface area contributed by atoms with Crippen molar-refractivity contribution in [1.82, 2.24) is 4.98 Å². The second-order valence-corrected chi connectivity index (χ2v) is 4.56. The lowest BCUT2D eigenvalue weighted by atomic mass is 10.1. The molecular formula is C11H14BrFN2O2. The van der Waals surface area contributed by atoms with E-state index in [0.29, 0.717) is 17.2 Å². The summed E-state index contributed by atoms with van der Waals surface area (Å²) in [5.41, 5.74) is 0. The first-order valence-corrected chi connectivity index (χ1v) is 6.12. The molecule has 0 saturated carbocycles. The summed E-state index contributed by atoms with van der Waals surface area (Å²) in [7, 11) is 0. The van der Waals surface area contributed by atoms with Gasteiger partial charge in [-0.15, -0.1) is 0 Å². The van der Waals surface area contributed by atoms with Crippen LogP contribution in [0.15, 0.2) is 16.7 Å². The van der Waals surface area contributed by atoms with Gasteiger partial charge in [0, 0.05) is 17.1 Å². The number of carbonyl (C=O) groups excluding carboxylic acids is 1. The van der Waals surface area contributed by atoms with Crippen molar-refractivity contribution in [3.63, 3.8) is 0 Å². The highest BCUT2D eigenvalue weighted by Crippen LogP contribution is 2.22. The molecule has 1 atom stereocenters. The van der Waals surface area contributed by atoms with E-state index in [1.165, 1.54) is 12.3 Å². The van der Waals surface area contributed by atoms with E-state index in [9.17, 15) is 14.4 Å². The highest BCUT2D eigenvalue weighted by atomic mass is 79.9. The highest BCUT2D eigenvalue weighted by Gasteiger charge is 2.20. The number of halogens is 2. The standard InChI is InChI=1S/C11H14BrFN2O2/c1-2-3-9(4-5-16)15(17)11-10(13)6-8(12)7-14-11/h5-7,9,17H,2-4H2,1H3. The van der Waals surface area contributed by atoms with Crippen LogP contribution in [0, 0.1) is 5.82 Å². The van der Waals surface area contributed by atoms with Crippen LogP contribution in [0.3, 0.4) is 0 Å². The Bertz CT molecular complexity index is 390. The van der Waals surface area contributed by atoms with E-state index in [4.69, 9.17) is 0 Å². The highest BCUT2D eigenvalue weighted by molar-refractivity contribution is 9.10. The molecule has 1 N–H and O–H groups in total. The van der Waals surface area contributed by atoms with Crippen LogP contribution < -0.4 is 5.06 Å². The summed E-state index contributed by atoms with van der Waals surface area (Å²) in [6.45, 7) is 1.93. The third-order valence-corrected chi connectivity index (χ3v) is 2.78. The molecule has 0 bridgehead atoms. The minimum atomic E-state index is -0.631. The number of aldehydes is 1. The van der Waals surface area contributed by atoms with Crippen LogP contribution in [0.5, 0.6) is 0 Å². The SMILES string of the molecule is CCCC(CC=O)N(O)c1ncc(Br)cc1F. The van der Waals surface area contributed by atoms with E-state index in [0.717, 1.165) is 11.5 Å². The zero-order chi connectivity index (χ0) is 12.8. The molecule has 0 spiro atoms. The summed E-state index contributed by atoms with van der Waals surface area (Å²) in [6, 6.07) is 0.774. The zero-order valence-corrected chi connectivity index (χ0v) is 11.0. The molecule has 0 aliphatic heterocycles. The Labute approximate surface area is 108 Å². The monoisotopic (exact) mass is 304 g/mol. The first-order valence-electron chi connectivity index (χ1n) is 5.33. The quantitative estimate of drug-likeness (QED) is 0.648. The third-order valence-electron chi connectivity index (χ3n) is 2.34. The van der Waals surface area contributed by atoms with Gasteiger partial charge in [0.1, 0.15) is 6.29 Å². The van der Waals surface area contributed by atoms with Crippen LogP contribution in [0.1, 0.15) is 26.2 Å². The fraction of sp³-hybridized carbons (Fsp3) is 0.455. The molecular weight excluding hydrogens is 291 g/mol. The Hall–Kier alpha value is -1.01. The van der Waals surface area contributed by atoms with Crippen molar-refractivity contribution < 1.29 is 14.4 Å². The van der Waals surface area contributed by atoms with Crippen LogP contribution in [-0.4, -0.2) is 22.5 Å². The van der Waals surface area contributed by atoms with Gasteiger partial charge in [-0.25, -0.2) is 14.4 Å². The number of pyridine rings is 1. The lowest BCUT2D eigenvalue weighted by molar-refractivity contribution is -0.108. The number of carbonyl (C=O) groups is 1. The average Bonchev–Trinajstić information content (AvgIpc) is 2.28. The molecule has 1 aromatic rings. The molecule has 1 rings (SSSR count). The molecule has 94 valence electrons. The topological polar surface area (TPSA) is 53.4 Å². The third kappa shape index (κ3) is 3.74. The van der Waals surface area contributed by atoms with Crippen LogP contribution in [0.4, 0.5) is 10.2 Å². The van der Waals surface area contributed by atoms with E-state index in [2.05, 4.69) is 20.9 Å². The molecule has 1 heterocycles. The summed E-state index contributed by atoms with van der Waals surface area (Å²) >= 11 is 3.09. The summed E-state index contributed by atoms with van der Waals surface area (Å²) < 4.78 is 14.1. The number of hydroxylamine groups is 1. The van der Waals surface area contributed by atoms with Crippen molar-refractivity contribution in [3.8, 4) is 0 Å². The summed E-state index contributed by atoms with van der Waals surface area (Å²) in [5, 5.41) is 10.6. The van der Waals surface area contributed by atoms with E-state index in [-0.39, 0.29) is 12.2 Å². The lowest BCUT2D eigenvalue weighted by Gasteiger charge is -2.25. The molecule has 4 nitrogen and oxygen atoms in total. The Morgan fingerprint density at radius 3 is 2.94 bits per heavy atom. The van der Waals surface area contributed by atoms with Gasteiger partial charge < -0.3 is 4.79 Å². The molecule has 0 fully saturated rings. The maximum atomic E-state index is 13.6. The first-order chi connectivity index (χ1) is 8.10. The molecule has 0 amide bonds. The molecule has 0 aliphatic carbocycles. The van der Waals surface area contributed by atoms with Crippen LogP contribution in [-0.2, 0) is 4.79 Å². The summed E-state index contributed by atoms with van der Waals surface area (Å²) in [5.74, 6) is -0.789. The van der Waals surface area contributed by atoms with Crippen molar-refractivity contribution in [2.24, 2.45) is 0 Å². The number of rotatable bonds is 6. The van der Waals surface area contributed by atoms with Crippen molar-refractivity contribution in [2.45, 2.75) is 32.2 Å². The van der Waals surface area contributed by atoms with Gasteiger partial charge in [0.25, 0.3) is 0 Å². The smallest absolute Gasteiger partial charge is 0.189 e. The second kappa shape index (κ2) is 6.66. The molecule has 6 heteroatoms. The molecule has 1 aromatic heterocycles. The van der Waals surface area contributed by atoms with Gasteiger partial charge in [0.05, 0.1) is 6.04 Å². The first kappa shape index (κ1) is 14.1. The van der Waals surface area contributed by atoms with Crippen molar-refractivity contribution in [2.75, 3.05) is 5.06 Å². The Kier molecular flexibility index (Phi) is 5.50. The van der Waals surface area contributed by atoms with Crippen molar-refractivity contribution in [3.05, 3.63) is 22.6 Å². The fourth-order valence-corrected chi connectivity index (χ4v) is 1.84. The van der Waals surface area contributed by atoms with Crippen LogP contribution >= 0.6 is 15.9 Å². The molecule has 0 saturated heterocycles. The van der Waals surface area contributed by atoms with Gasteiger partial charge in [-0.1, -0.05) is 13.3 Å². The Morgan fingerprint density at radius 1 is 1.71 bits per heavy atom. The van der Waals surface area contributed by atoms with Gasteiger partial charge in [0.2, 0.25) is 0 Å². The maximum absolute atomic E-state index is 13.6. The predicted molar refractivity (Wildman–Crippen MR) is 65.5 cm³/mol. The van der Waals surface area contributed by atoms with Gasteiger partial charge >= 0.3 is 0 Å². The number of hydrogen-bond acceptors (Lipinski definition) is 4. The van der Waals surface area contributed by atoms with Crippen LogP contribution in [0.25, 0.3) is 0 Å². The van der Waals surface area contributed by atoms with E-state index in [1.807, 2.05) is 6.92 Å². The largest absolute Gasteiger partial charge is 0.303 e. The lowest BCUT2D eigenvalue weighted by Crippen LogP contribution is -2.33. The minimum Gasteiger partial charge on any atom is -0.303 e. The van der Waals surface area contributed by atoms with E-state index in [1.54, 1.807) is 0 Å². The zero-order valence-electron chi connectivity index (χ0n) is 9.44. The average molecular weight is 305 g/mol. The van der Waals surface area contributed by atoms with Gasteiger partial charge in [-0.2, -0.15) is 0 Å². The van der Waals surface area contributed by atoms with Crippen molar-refractivity contribution >= 4 is 28.0 Å². The Morgan fingerprint density at radius 2 is 2.41 bits per heavy atom. The van der Waals surface area contributed by atoms with Gasteiger partial charge in [0.15, 0.2) is 11.6 Å². The molecule has 0 radical (unpaired) electrons. The predicted octanol–water partition coefficient (Wildman–Crippen LogP) is 2.94. The molecule has 0 aromatic carbocycles. The number of anilines is 1. The number of nitrogens with zero attached hydrogens (tertiary/aromatic N) is 2. The normalized spacial score (nSPS) is 12.2. The molecule has 17 heavy (non-hydrogen) atoms. The number of aromatic nitrogens is 1. The number of hydrogen-bond donors (Lipinski definition) is 1. The van der Waals surface area contributed by atoms with Gasteiger partial charge in [-0.05, 0) is 28.4 Å². The fourth-order valence-electron chi connectivity index (χ4n) is 1.53. The summed E-state index contributed by atoms with van der Waals surface area (Å²) in [4.78, 5) is 14.3.